The minimum absolute atomic E-state index is 0.0777. The largest absolute Gasteiger partial charge is 0.485 e. The van der Waals surface area contributed by atoms with Gasteiger partial charge in [0.1, 0.15) is 12.4 Å². The smallest absolute Gasteiger partial charge is 0.173 e. The van der Waals surface area contributed by atoms with Crippen molar-refractivity contribution in [2.24, 2.45) is 5.92 Å². The van der Waals surface area contributed by atoms with Gasteiger partial charge in [0.15, 0.2) is 11.6 Å². The van der Waals surface area contributed by atoms with E-state index in [2.05, 4.69) is 13.0 Å². The van der Waals surface area contributed by atoms with Gasteiger partial charge in [-0.05, 0) is 54.9 Å². The predicted octanol–water partition coefficient (Wildman–Crippen LogP) is 7.21. The number of allylic oxidation sites excluding steroid dienone is 2. The highest BCUT2D eigenvalue weighted by atomic mass is 19.1. The molecule has 0 saturated carbocycles. The molecule has 2 aliphatic rings. The molecule has 1 unspecified atom stereocenters. The lowest BCUT2D eigenvalue weighted by Crippen LogP contribution is -2.12. The second-order valence-corrected chi connectivity index (χ2v) is 7.83. The average molecular weight is 368 g/mol. The summed E-state index contributed by atoms with van der Waals surface area (Å²) in [6.45, 7) is 4.03. The molecule has 0 bridgehead atoms. The molecule has 0 saturated heterocycles. The Labute approximate surface area is 160 Å². The van der Waals surface area contributed by atoms with Crippen molar-refractivity contribution in [3.05, 3.63) is 58.7 Å². The molecule has 0 radical (unpaired) electrons. The highest BCUT2D eigenvalue weighted by molar-refractivity contribution is 5.79. The summed E-state index contributed by atoms with van der Waals surface area (Å²) in [6, 6.07) is 7.33. The Balaban J connectivity index is 1.66. The Bertz CT molecular complexity index is 898. The fraction of sp³-hybridized carbons (Fsp3) is 0.417. The minimum atomic E-state index is -0.308. The maximum absolute atomic E-state index is 15.3. The molecule has 0 spiro atoms. The number of benzene rings is 2. The minimum Gasteiger partial charge on any atom is -0.485 e. The maximum atomic E-state index is 15.3. The molecule has 1 atom stereocenters. The van der Waals surface area contributed by atoms with Crippen molar-refractivity contribution in [2.45, 2.75) is 59.0 Å². The quantitative estimate of drug-likeness (QED) is 0.554. The summed E-state index contributed by atoms with van der Waals surface area (Å²) in [5.41, 5.74) is 4.20. The third-order valence-electron chi connectivity index (χ3n) is 6.02. The Morgan fingerprint density at radius 2 is 1.81 bits per heavy atom. The van der Waals surface area contributed by atoms with E-state index in [0.717, 1.165) is 36.3 Å². The lowest BCUT2D eigenvalue weighted by molar-refractivity contribution is 0.280. The van der Waals surface area contributed by atoms with E-state index in [1.54, 1.807) is 13.0 Å². The first-order chi connectivity index (χ1) is 13.1. The van der Waals surface area contributed by atoms with E-state index in [1.807, 2.05) is 18.2 Å². The van der Waals surface area contributed by atoms with Crippen LogP contribution in [0.4, 0.5) is 8.78 Å². The number of halogens is 2. The monoisotopic (exact) mass is 368 g/mol. The first-order valence-electron chi connectivity index (χ1n) is 10.0. The highest BCUT2D eigenvalue weighted by Crippen LogP contribution is 2.44. The lowest BCUT2D eigenvalue weighted by atomic mass is 9.83. The number of fused-ring (bicyclic) bond motifs is 3. The van der Waals surface area contributed by atoms with E-state index < -0.39 is 0 Å². The van der Waals surface area contributed by atoms with Gasteiger partial charge in [0, 0.05) is 16.7 Å². The van der Waals surface area contributed by atoms with Gasteiger partial charge in [-0.15, -0.1) is 0 Å². The van der Waals surface area contributed by atoms with Crippen molar-refractivity contribution in [1.82, 2.24) is 0 Å². The Hall–Kier alpha value is -2.16. The number of rotatable bonds is 4. The molecule has 0 aromatic heterocycles. The van der Waals surface area contributed by atoms with Gasteiger partial charge in [0.25, 0.3) is 0 Å². The number of hydrogen-bond donors (Lipinski definition) is 0. The van der Waals surface area contributed by atoms with Crippen LogP contribution in [0.3, 0.4) is 0 Å². The first kappa shape index (κ1) is 18.2. The van der Waals surface area contributed by atoms with Crippen molar-refractivity contribution in [1.29, 1.82) is 0 Å². The van der Waals surface area contributed by atoms with Crippen molar-refractivity contribution < 1.29 is 13.5 Å². The molecule has 0 fully saturated rings. The second kappa shape index (κ2) is 7.46. The van der Waals surface area contributed by atoms with E-state index in [9.17, 15) is 4.39 Å². The molecule has 0 N–H and O–H groups in total. The van der Waals surface area contributed by atoms with Gasteiger partial charge in [-0.3, -0.25) is 0 Å². The van der Waals surface area contributed by atoms with Crippen molar-refractivity contribution in [3.8, 4) is 16.9 Å². The van der Waals surface area contributed by atoms with E-state index in [1.165, 1.54) is 19.3 Å². The van der Waals surface area contributed by atoms with Gasteiger partial charge < -0.3 is 4.74 Å². The first-order valence-corrected chi connectivity index (χ1v) is 10.0. The zero-order valence-electron chi connectivity index (χ0n) is 16.1. The number of ether oxygens (including phenoxy) is 1. The molecule has 1 heterocycles. The zero-order valence-corrected chi connectivity index (χ0v) is 16.1. The van der Waals surface area contributed by atoms with Crippen LogP contribution in [0.25, 0.3) is 16.7 Å². The lowest BCUT2D eigenvalue weighted by Gasteiger charge is -2.25. The molecule has 27 heavy (non-hydrogen) atoms. The summed E-state index contributed by atoms with van der Waals surface area (Å²) in [5, 5.41) is 0. The molecule has 2 aromatic carbocycles. The predicted molar refractivity (Wildman–Crippen MR) is 106 cm³/mol. The molecule has 1 aliphatic heterocycles. The molecular weight excluding hydrogens is 342 g/mol. The molecule has 1 nitrogen and oxygen atoms in total. The molecular formula is C24H26F2O. The van der Waals surface area contributed by atoms with Gasteiger partial charge in [-0.25, -0.2) is 8.78 Å². The van der Waals surface area contributed by atoms with Gasteiger partial charge >= 0.3 is 0 Å². The van der Waals surface area contributed by atoms with Crippen LogP contribution in [-0.2, 0) is 6.61 Å². The number of aryl methyl sites for hydroxylation is 1. The Morgan fingerprint density at radius 3 is 2.56 bits per heavy atom. The number of hydrogen-bond acceptors (Lipinski definition) is 1. The van der Waals surface area contributed by atoms with Gasteiger partial charge in [0.2, 0.25) is 0 Å². The average Bonchev–Trinajstić information content (AvgIpc) is 2.70. The standard InChI is InChI=1S/C24H26F2O/c1-3-4-5-16-7-9-17(10-8-16)18-12-13-20-19-11-6-15(2)22(25)21(19)14-27-24(20)23(18)26/h6,9,11-13,16H,3-5,7-8,10,14H2,1-2H3. The van der Waals surface area contributed by atoms with Crippen LogP contribution in [0.15, 0.2) is 30.3 Å². The van der Waals surface area contributed by atoms with E-state index >= 15 is 4.39 Å². The fourth-order valence-corrected chi connectivity index (χ4v) is 4.32. The van der Waals surface area contributed by atoms with Crippen LogP contribution in [0.5, 0.6) is 5.75 Å². The van der Waals surface area contributed by atoms with Gasteiger partial charge in [-0.1, -0.05) is 50.5 Å². The summed E-state index contributed by atoms with van der Waals surface area (Å²) < 4.78 is 35.3. The van der Waals surface area contributed by atoms with Crippen LogP contribution < -0.4 is 4.74 Å². The van der Waals surface area contributed by atoms with Crippen molar-refractivity contribution >= 4 is 5.57 Å². The topological polar surface area (TPSA) is 9.23 Å². The molecule has 1 aliphatic carbocycles. The molecule has 142 valence electrons. The summed E-state index contributed by atoms with van der Waals surface area (Å²) >= 11 is 0. The third kappa shape index (κ3) is 3.28. The molecule has 2 aromatic rings. The molecule has 3 heteroatoms. The summed E-state index contributed by atoms with van der Waals surface area (Å²) in [5.74, 6) is 0.425. The highest BCUT2D eigenvalue weighted by Gasteiger charge is 2.27. The third-order valence-corrected chi connectivity index (χ3v) is 6.02. The number of unbranched alkanes of at least 4 members (excludes halogenated alkanes) is 1. The normalized spacial score (nSPS) is 18.4. The van der Waals surface area contributed by atoms with E-state index in [4.69, 9.17) is 4.74 Å². The van der Waals surface area contributed by atoms with Crippen LogP contribution >= 0.6 is 0 Å². The molecule has 4 rings (SSSR count). The molecule has 0 amide bonds. The second-order valence-electron chi connectivity index (χ2n) is 7.83. The zero-order chi connectivity index (χ0) is 19.0. The Morgan fingerprint density at radius 1 is 1.04 bits per heavy atom. The maximum Gasteiger partial charge on any atom is 0.173 e. The summed E-state index contributed by atoms with van der Waals surface area (Å²) in [7, 11) is 0. The van der Waals surface area contributed by atoms with Crippen molar-refractivity contribution in [2.75, 3.05) is 0 Å². The summed E-state index contributed by atoms with van der Waals surface area (Å²) in [4.78, 5) is 0. The summed E-state index contributed by atoms with van der Waals surface area (Å²) in [6.07, 6.45) is 9.02. The van der Waals surface area contributed by atoms with Crippen molar-refractivity contribution in [3.63, 3.8) is 0 Å². The van der Waals surface area contributed by atoms with Crippen LogP contribution in [-0.4, -0.2) is 0 Å². The van der Waals surface area contributed by atoms with E-state index in [0.29, 0.717) is 22.3 Å². The SMILES string of the molecule is CCCCC1CC=C(c2ccc3c(c2F)OCc2c-3ccc(C)c2F)CC1. The van der Waals surface area contributed by atoms with Crippen LogP contribution in [0, 0.1) is 24.5 Å². The van der Waals surface area contributed by atoms with Crippen LogP contribution in [0.1, 0.15) is 62.1 Å². The Kier molecular flexibility index (Phi) is 5.03. The van der Waals surface area contributed by atoms with Gasteiger partial charge in [-0.2, -0.15) is 0 Å². The van der Waals surface area contributed by atoms with E-state index in [-0.39, 0.29) is 24.0 Å². The fourth-order valence-electron chi connectivity index (χ4n) is 4.32. The van der Waals surface area contributed by atoms with Crippen LogP contribution in [0.2, 0.25) is 0 Å². The van der Waals surface area contributed by atoms with Gasteiger partial charge in [0.05, 0.1) is 0 Å².